The minimum Gasteiger partial charge on any atom is -0.348 e. The Kier molecular flexibility index (Phi) is 6.03. The zero-order chi connectivity index (χ0) is 20.8. The molecule has 1 aromatic heterocycles. The Morgan fingerprint density at radius 3 is 2.60 bits per heavy atom. The van der Waals surface area contributed by atoms with Crippen molar-refractivity contribution in [3.8, 4) is 0 Å². The first kappa shape index (κ1) is 19.6. The number of carbonyl (C=O) groups is 2. The highest BCUT2D eigenvalue weighted by Gasteiger charge is 2.21. The number of urea groups is 1. The Morgan fingerprint density at radius 1 is 0.967 bits per heavy atom. The van der Waals surface area contributed by atoms with Crippen molar-refractivity contribution in [2.45, 2.75) is 25.8 Å². The smallest absolute Gasteiger partial charge is 0.326 e. The molecule has 0 spiro atoms. The van der Waals surface area contributed by atoms with Crippen LogP contribution in [0.2, 0.25) is 0 Å². The normalized spacial score (nSPS) is 13.1. The molecule has 2 aromatic carbocycles. The van der Waals surface area contributed by atoms with Gasteiger partial charge in [-0.1, -0.05) is 24.3 Å². The number of fused-ring (bicyclic) bond motifs is 1. The standard InChI is InChI=1S/C24H24N4O2/c29-23(26-17-18-6-5-14-25-16-18)20-10-12-21(13-11-20)27-24(30)28-15-4-3-8-19-7-1-2-9-22(19)28/h1-2,5-7,9-14,16H,3-4,8,15,17H2,(H,26,29)(H,27,30). The van der Waals surface area contributed by atoms with Gasteiger partial charge in [0, 0.05) is 42.4 Å². The molecule has 4 rings (SSSR count). The summed E-state index contributed by atoms with van der Waals surface area (Å²) in [6.07, 6.45) is 6.45. The maximum Gasteiger partial charge on any atom is 0.326 e. The Balaban J connectivity index is 1.38. The predicted octanol–water partition coefficient (Wildman–Crippen LogP) is 4.39. The first-order chi connectivity index (χ1) is 14.7. The predicted molar refractivity (Wildman–Crippen MR) is 118 cm³/mol. The van der Waals surface area contributed by atoms with Gasteiger partial charge in [0.05, 0.1) is 0 Å². The lowest BCUT2D eigenvalue weighted by Gasteiger charge is -2.23. The van der Waals surface area contributed by atoms with E-state index in [1.165, 1.54) is 5.56 Å². The Labute approximate surface area is 175 Å². The third-order valence-electron chi connectivity index (χ3n) is 5.18. The van der Waals surface area contributed by atoms with Crippen LogP contribution < -0.4 is 15.5 Å². The molecule has 0 aliphatic carbocycles. The second-order valence-electron chi connectivity index (χ2n) is 7.29. The highest BCUT2D eigenvalue weighted by molar-refractivity contribution is 6.02. The molecule has 0 radical (unpaired) electrons. The molecule has 30 heavy (non-hydrogen) atoms. The minimum absolute atomic E-state index is 0.155. The summed E-state index contributed by atoms with van der Waals surface area (Å²) in [5.74, 6) is -0.168. The van der Waals surface area contributed by atoms with E-state index in [1.54, 1.807) is 41.6 Å². The van der Waals surface area contributed by atoms with Crippen molar-refractivity contribution in [1.82, 2.24) is 10.3 Å². The molecule has 1 aliphatic heterocycles. The number of nitrogens with one attached hydrogen (secondary N) is 2. The van der Waals surface area contributed by atoms with Crippen LogP contribution >= 0.6 is 0 Å². The molecule has 0 saturated carbocycles. The van der Waals surface area contributed by atoms with Crippen molar-refractivity contribution in [3.63, 3.8) is 0 Å². The molecule has 152 valence electrons. The number of amides is 3. The van der Waals surface area contributed by atoms with Crippen LogP contribution in [0, 0.1) is 0 Å². The molecule has 0 unspecified atom stereocenters. The number of nitrogens with zero attached hydrogens (tertiary/aromatic N) is 2. The van der Waals surface area contributed by atoms with Crippen LogP contribution in [-0.2, 0) is 13.0 Å². The van der Waals surface area contributed by atoms with Crippen LogP contribution in [0.4, 0.5) is 16.2 Å². The monoisotopic (exact) mass is 400 g/mol. The summed E-state index contributed by atoms with van der Waals surface area (Å²) in [5, 5.41) is 5.82. The molecule has 6 nitrogen and oxygen atoms in total. The van der Waals surface area contributed by atoms with E-state index >= 15 is 0 Å². The summed E-state index contributed by atoms with van der Waals surface area (Å²) >= 11 is 0. The summed E-state index contributed by atoms with van der Waals surface area (Å²) in [6.45, 7) is 1.11. The van der Waals surface area contributed by atoms with Crippen molar-refractivity contribution in [2.24, 2.45) is 0 Å². The Bertz CT molecular complexity index is 1020. The molecule has 0 atom stereocenters. The highest BCUT2D eigenvalue weighted by Crippen LogP contribution is 2.26. The lowest BCUT2D eigenvalue weighted by Crippen LogP contribution is -2.35. The second-order valence-corrected chi connectivity index (χ2v) is 7.29. The van der Waals surface area contributed by atoms with E-state index in [4.69, 9.17) is 0 Å². The van der Waals surface area contributed by atoms with Crippen molar-refractivity contribution in [1.29, 1.82) is 0 Å². The van der Waals surface area contributed by atoms with Crippen molar-refractivity contribution in [2.75, 3.05) is 16.8 Å². The zero-order valence-electron chi connectivity index (χ0n) is 16.7. The third-order valence-corrected chi connectivity index (χ3v) is 5.18. The second kappa shape index (κ2) is 9.22. The molecule has 3 amide bonds. The first-order valence-corrected chi connectivity index (χ1v) is 10.1. The number of benzene rings is 2. The van der Waals surface area contributed by atoms with Gasteiger partial charge in [-0.15, -0.1) is 0 Å². The number of aromatic nitrogens is 1. The topological polar surface area (TPSA) is 74.3 Å². The third kappa shape index (κ3) is 4.66. The SMILES string of the molecule is O=C(NCc1cccnc1)c1ccc(NC(=O)N2CCCCc3ccccc32)cc1. The van der Waals surface area contributed by atoms with Gasteiger partial charge in [-0.25, -0.2) is 4.79 Å². The van der Waals surface area contributed by atoms with Gasteiger partial charge >= 0.3 is 6.03 Å². The van der Waals surface area contributed by atoms with Crippen LogP contribution in [0.25, 0.3) is 0 Å². The van der Waals surface area contributed by atoms with Gasteiger partial charge in [-0.2, -0.15) is 0 Å². The van der Waals surface area contributed by atoms with E-state index in [9.17, 15) is 9.59 Å². The van der Waals surface area contributed by atoms with E-state index in [0.29, 0.717) is 24.3 Å². The molecule has 0 fully saturated rings. The molecule has 6 heteroatoms. The molecular formula is C24H24N4O2. The summed E-state index contributed by atoms with van der Waals surface area (Å²) in [7, 11) is 0. The van der Waals surface area contributed by atoms with E-state index in [1.807, 2.05) is 30.3 Å². The Morgan fingerprint density at radius 2 is 1.80 bits per heavy atom. The van der Waals surface area contributed by atoms with Crippen LogP contribution in [0.3, 0.4) is 0 Å². The maximum atomic E-state index is 12.9. The minimum atomic E-state index is -0.168. The summed E-state index contributed by atoms with van der Waals surface area (Å²) in [4.78, 5) is 31.1. The van der Waals surface area contributed by atoms with Gasteiger partial charge in [0.1, 0.15) is 0 Å². The maximum absolute atomic E-state index is 12.9. The lowest BCUT2D eigenvalue weighted by atomic mass is 10.1. The highest BCUT2D eigenvalue weighted by atomic mass is 16.2. The fourth-order valence-electron chi connectivity index (χ4n) is 3.59. The molecule has 2 N–H and O–H groups in total. The summed E-state index contributed by atoms with van der Waals surface area (Å²) in [5.41, 5.74) is 4.31. The van der Waals surface area contributed by atoms with Crippen LogP contribution in [0.5, 0.6) is 0 Å². The number of para-hydroxylation sites is 1. The number of anilines is 2. The number of carbonyl (C=O) groups excluding carboxylic acids is 2. The van der Waals surface area contributed by atoms with Gasteiger partial charge in [0.25, 0.3) is 5.91 Å². The van der Waals surface area contributed by atoms with E-state index < -0.39 is 0 Å². The van der Waals surface area contributed by atoms with Gasteiger partial charge in [-0.3, -0.25) is 14.7 Å². The van der Waals surface area contributed by atoms with E-state index in [2.05, 4.69) is 21.7 Å². The number of rotatable bonds is 4. The largest absolute Gasteiger partial charge is 0.348 e. The van der Waals surface area contributed by atoms with Gasteiger partial charge in [-0.05, 0) is 66.8 Å². The zero-order valence-corrected chi connectivity index (χ0v) is 16.7. The van der Waals surface area contributed by atoms with Gasteiger partial charge in [0.2, 0.25) is 0 Å². The number of pyridine rings is 1. The fourth-order valence-corrected chi connectivity index (χ4v) is 3.59. The number of aryl methyl sites for hydroxylation is 1. The first-order valence-electron chi connectivity index (χ1n) is 10.1. The lowest BCUT2D eigenvalue weighted by molar-refractivity contribution is 0.0951. The van der Waals surface area contributed by atoms with Crippen molar-refractivity contribution in [3.05, 3.63) is 89.7 Å². The van der Waals surface area contributed by atoms with E-state index in [-0.39, 0.29) is 11.9 Å². The quantitative estimate of drug-likeness (QED) is 0.682. The van der Waals surface area contributed by atoms with Crippen molar-refractivity contribution >= 4 is 23.3 Å². The van der Waals surface area contributed by atoms with Gasteiger partial charge in [0.15, 0.2) is 0 Å². The van der Waals surface area contributed by atoms with E-state index in [0.717, 1.165) is 30.5 Å². The summed E-state index contributed by atoms with van der Waals surface area (Å²) in [6, 6.07) is 18.6. The molecule has 1 aliphatic rings. The fraction of sp³-hybridized carbons (Fsp3) is 0.208. The molecule has 0 saturated heterocycles. The van der Waals surface area contributed by atoms with Crippen molar-refractivity contribution < 1.29 is 9.59 Å². The molecular weight excluding hydrogens is 376 g/mol. The number of hydrogen-bond acceptors (Lipinski definition) is 3. The van der Waals surface area contributed by atoms with Crippen LogP contribution in [-0.4, -0.2) is 23.5 Å². The van der Waals surface area contributed by atoms with Crippen LogP contribution in [0.15, 0.2) is 73.1 Å². The van der Waals surface area contributed by atoms with Crippen LogP contribution in [0.1, 0.15) is 34.3 Å². The summed E-state index contributed by atoms with van der Waals surface area (Å²) < 4.78 is 0. The average molecular weight is 400 g/mol. The van der Waals surface area contributed by atoms with Gasteiger partial charge < -0.3 is 10.6 Å². The number of hydrogen-bond donors (Lipinski definition) is 2. The molecule has 3 aromatic rings. The Hall–Kier alpha value is -3.67. The average Bonchev–Trinajstić information content (AvgIpc) is 3.01. The molecule has 0 bridgehead atoms. The molecule has 2 heterocycles.